The summed E-state index contributed by atoms with van der Waals surface area (Å²) in [4.78, 5) is 24.7. The number of aromatic nitrogens is 1. The van der Waals surface area contributed by atoms with Crippen molar-refractivity contribution in [1.82, 2.24) is 4.37 Å². The fraction of sp³-hybridized carbons (Fsp3) is 0.214. The molecule has 0 aliphatic carbocycles. The van der Waals surface area contributed by atoms with Crippen LogP contribution in [0.25, 0.3) is 0 Å². The zero-order valence-electron chi connectivity index (χ0n) is 11.5. The number of aromatic carboxylic acids is 1. The molecule has 0 spiro atoms. The molecule has 21 heavy (non-hydrogen) atoms. The van der Waals surface area contributed by atoms with Gasteiger partial charge < -0.3 is 15.1 Å². The fourth-order valence-electron chi connectivity index (χ4n) is 1.89. The molecule has 1 heterocycles. The molecule has 1 aromatic heterocycles. The van der Waals surface area contributed by atoms with Gasteiger partial charge in [-0.3, -0.25) is 4.79 Å². The largest absolute Gasteiger partial charge is 0.508 e. The van der Waals surface area contributed by atoms with Crippen molar-refractivity contribution in [3.63, 3.8) is 0 Å². The van der Waals surface area contributed by atoms with Gasteiger partial charge in [-0.15, -0.1) is 0 Å². The average molecular weight is 306 g/mol. The van der Waals surface area contributed by atoms with Crippen LogP contribution in [0.4, 0.5) is 5.00 Å². The number of phenolic OH excluding ortho intramolecular Hbond substituents is 1. The molecule has 1 aromatic carbocycles. The molecule has 0 saturated heterocycles. The zero-order valence-corrected chi connectivity index (χ0v) is 12.3. The summed E-state index contributed by atoms with van der Waals surface area (Å²) in [5.74, 6) is -1.39. The number of benzene rings is 1. The third-order valence-corrected chi connectivity index (χ3v) is 4.09. The Morgan fingerprint density at radius 1 is 1.33 bits per heavy atom. The second kappa shape index (κ2) is 5.92. The molecular weight excluding hydrogens is 292 g/mol. The van der Waals surface area contributed by atoms with Gasteiger partial charge in [0, 0.05) is 12.6 Å². The summed E-state index contributed by atoms with van der Waals surface area (Å²) in [6, 6.07) is 6.54. The maximum absolute atomic E-state index is 12.2. The maximum Gasteiger partial charge on any atom is 0.340 e. The minimum atomic E-state index is -1.11. The first kappa shape index (κ1) is 15.0. The molecule has 2 aromatic rings. The minimum Gasteiger partial charge on any atom is -0.508 e. The lowest BCUT2D eigenvalue weighted by atomic mass is 10.1. The van der Waals surface area contributed by atoms with Crippen molar-refractivity contribution in [2.75, 3.05) is 11.9 Å². The lowest BCUT2D eigenvalue weighted by molar-refractivity contribution is -0.117. The van der Waals surface area contributed by atoms with E-state index < -0.39 is 5.97 Å². The summed E-state index contributed by atoms with van der Waals surface area (Å²) >= 11 is 0.967. The Bertz CT molecular complexity index is 696. The van der Waals surface area contributed by atoms with E-state index in [-0.39, 0.29) is 23.6 Å². The first-order valence-corrected chi connectivity index (χ1v) is 6.92. The predicted molar refractivity (Wildman–Crippen MR) is 79.0 cm³/mol. The number of phenols is 1. The second-order valence-corrected chi connectivity index (χ2v) is 5.26. The summed E-state index contributed by atoms with van der Waals surface area (Å²) in [7, 11) is 1.50. The van der Waals surface area contributed by atoms with Crippen LogP contribution in [0.5, 0.6) is 5.75 Å². The van der Waals surface area contributed by atoms with Gasteiger partial charge in [-0.05, 0) is 24.5 Å². The highest BCUT2D eigenvalue weighted by Gasteiger charge is 2.24. The molecule has 2 N–H and O–H groups in total. The van der Waals surface area contributed by atoms with Gasteiger partial charge in [0.2, 0.25) is 5.91 Å². The molecule has 0 unspecified atom stereocenters. The standard InChI is InChI=1S/C14H14N2O4S/c1-8-12(14(19)20)13(21-15-8)16(2)11(18)7-9-5-3-4-6-10(9)17/h3-6,17H,7H2,1-2H3,(H,19,20). The number of para-hydroxylation sites is 1. The molecule has 0 aliphatic heterocycles. The number of hydrogen-bond acceptors (Lipinski definition) is 5. The van der Waals surface area contributed by atoms with Crippen LogP contribution in [0, 0.1) is 6.92 Å². The Labute approximate surface area is 125 Å². The van der Waals surface area contributed by atoms with Crippen LogP contribution in [0.15, 0.2) is 24.3 Å². The van der Waals surface area contributed by atoms with Gasteiger partial charge in [0.1, 0.15) is 16.3 Å². The fourth-order valence-corrected chi connectivity index (χ4v) is 2.75. The smallest absolute Gasteiger partial charge is 0.340 e. The minimum absolute atomic E-state index is 0.0147. The number of rotatable bonds is 4. The second-order valence-electron chi connectivity index (χ2n) is 4.51. The molecule has 0 aliphatic rings. The van der Waals surface area contributed by atoms with Crippen molar-refractivity contribution in [3.05, 3.63) is 41.1 Å². The number of carbonyl (C=O) groups is 2. The topological polar surface area (TPSA) is 90.7 Å². The van der Waals surface area contributed by atoms with Crippen LogP contribution in [-0.4, -0.2) is 33.5 Å². The third-order valence-electron chi connectivity index (χ3n) is 3.07. The molecule has 0 atom stereocenters. The number of anilines is 1. The van der Waals surface area contributed by atoms with Crippen LogP contribution < -0.4 is 4.90 Å². The number of hydrogen-bond donors (Lipinski definition) is 2. The van der Waals surface area contributed by atoms with E-state index in [0.717, 1.165) is 11.5 Å². The molecule has 1 amide bonds. The van der Waals surface area contributed by atoms with Crippen LogP contribution in [0.3, 0.4) is 0 Å². The van der Waals surface area contributed by atoms with Gasteiger partial charge in [-0.2, -0.15) is 4.37 Å². The van der Waals surface area contributed by atoms with Crippen LogP contribution in [0.1, 0.15) is 21.6 Å². The predicted octanol–water partition coefficient (Wildman–Crippen LogP) is 2.06. The van der Waals surface area contributed by atoms with Crippen molar-refractivity contribution in [3.8, 4) is 5.75 Å². The van der Waals surface area contributed by atoms with E-state index in [1.54, 1.807) is 25.1 Å². The number of carboxylic acids is 1. The number of likely N-dealkylation sites (N-methyl/N-ethyl adjacent to an activating group) is 1. The Kier molecular flexibility index (Phi) is 4.23. The van der Waals surface area contributed by atoms with Crippen molar-refractivity contribution >= 4 is 28.4 Å². The van der Waals surface area contributed by atoms with Crippen molar-refractivity contribution in [2.24, 2.45) is 0 Å². The van der Waals surface area contributed by atoms with E-state index in [4.69, 9.17) is 0 Å². The molecule has 0 saturated carbocycles. The van der Waals surface area contributed by atoms with E-state index in [1.807, 2.05) is 0 Å². The van der Waals surface area contributed by atoms with E-state index in [1.165, 1.54) is 18.0 Å². The van der Waals surface area contributed by atoms with Crippen LogP contribution >= 0.6 is 11.5 Å². The number of carboxylic acid groups (broad SMARTS) is 1. The van der Waals surface area contributed by atoms with Crippen LogP contribution in [0.2, 0.25) is 0 Å². The molecule has 6 nitrogen and oxygen atoms in total. The summed E-state index contributed by atoms with van der Waals surface area (Å²) in [5.41, 5.74) is 0.908. The van der Waals surface area contributed by atoms with E-state index in [0.29, 0.717) is 16.3 Å². The highest BCUT2D eigenvalue weighted by Crippen LogP contribution is 2.28. The monoisotopic (exact) mass is 306 g/mol. The normalized spacial score (nSPS) is 10.4. The van der Waals surface area contributed by atoms with E-state index in [9.17, 15) is 19.8 Å². The molecule has 2 rings (SSSR count). The van der Waals surface area contributed by atoms with E-state index >= 15 is 0 Å². The zero-order chi connectivity index (χ0) is 15.6. The van der Waals surface area contributed by atoms with Gasteiger partial charge in [0.25, 0.3) is 0 Å². The number of aromatic hydroxyl groups is 1. The Morgan fingerprint density at radius 2 is 2.00 bits per heavy atom. The van der Waals surface area contributed by atoms with Gasteiger partial charge in [0.15, 0.2) is 0 Å². The van der Waals surface area contributed by atoms with Gasteiger partial charge in [0.05, 0.1) is 12.1 Å². The number of nitrogens with zero attached hydrogens (tertiary/aromatic N) is 2. The molecular formula is C14H14N2O4S. The molecule has 0 fully saturated rings. The SMILES string of the molecule is Cc1nsc(N(C)C(=O)Cc2ccccc2O)c1C(=O)O. The average Bonchev–Trinajstić information content (AvgIpc) is 2.82. The first-order chi connectivity index (χ1) is 9.91. The summed E-state index contributed by atoms with van der Waals surface area (Å²) < 4.78 is 3.98. The summed E-state index contributed by atoms with van der Waals surface area (Å²) in [5, 5.41) is 19.2. The van der Waals surface area contributed by atoms with Gasteiger partial charge in [-0.25, -0.2) is 4.79 Å². The maximum atomic E-state index is 12.2. The number of carbonyl (C=O) groups excluding carboxylic acids is 1. The Balaban J connectivity index is 2.24. The first-order valence-electron chi connectivity index (χ1n) is 6.14. The van der Waals surface area contributed by atoms with E-state index in [2.05, 4.69) is 4.37 Å². The van der Waals surface area contributed by atoms with Gasteiger partial charge in [-0.1, -0.05) is 18.2 Å². The summed E-state index contributed by atoms with van der Waals surface area (Å²) in [6.45, 7) is 1.59. The van der Waals surface area contributed by atoms with Crippen molar-refractivity contribution in [1.29, 1.82) is 0 Å². The third kappa shape index (κ3) is 3.03. The summed E-state index contributed by atoms with van der Waals surface area (Å²) in [6.07, 6.45) is -0.0147. The lowest BCUT2D eigenvalue weighted by Gasteiger charge is -2.16. The quantitative estimate of drug-likeness (QED) is 0.902. The van der Waals surface area contributed by atoms with Crippen LogP contribution in [-0.2, 0) is 11.2 Å². The molecule has 110 valence electrons. The Hall–Kier alpha value is -2.41. The number of amides is 1. The van der Waals surface area contributed by atoms with Crippen molar-refractivity contribution < 1.29 is 19.8 Å². The molecule has 0 radical (unpaired) electrons. The number of aryl methyl sites for hydroxylation is 1. The highest BCUT2D eigenvalue weighted by molar-refractivity contribution is 7.11. The Morgan fingerprint density at radius 3 is 2.62 bits per heavy atom. The van der Waals surface area contributed by atoms with Crippen molar-refractivity contribution in [2.45, 2.75) is 13.3 Å². The molecule has 7 heteroatoms. The van der Waals surface area contributed by atoms with Gasteiger partial charge >= 0.3 is 5.97 Å². The molecule has 0 bridgehead atoms. The highest BCUT2D eigenvalue weighted by atomic mass is 32.1. The lowest BCUT2D eigenvalue weighted by Crippen LogP contribution is -2.28.